The Hall–Kier alpha value is -2.12. The molecule has 25 heavy (non-hydrogen) atoms. The summed E-state index contributed by atoms with van der Waals surface area (Å²) in [6.07, 6.45) is 2.17. The van der Waals surface area contributed by atoms with E-state index in [-0.39, 0.29) is 17.5 Å². The van der Waals surface area contributed by atoms with E-state index in [1.165, 1.54) is 15.7 Å². The van der Waals surface area contributed by atoms with Crippen LogP contribution in [0.5, 0.6) is 0 Å². The molecule has 0 saturated heterocycles. The van der Waals surface area contributed by atoms with E-state index in [0.29, 0.717) is 22.9 Å². The summed E-state index contributed by atoms with van der Waals surface area (Å²) < 4.78 is 1.54. The Morgan fingerprint density at radius 2 is 2.16 bits per heavy atom. The molecule has 2 aromatic heterocycles. The van der Waals surface area contributed by atoms with E-state index in [4.69, 9.17) is 0 Å². The van der Waals surface area contributed by atoms with Gasteiger partial charge >= 0.3 is 0 Å². The van der Waals surface area contributed by atoms with Gasteiger partial charge in [-0.25, -0.2) is 4.98 Å². The zero-order valence-electron chi connectivity index (χ0n) is 13.8. The number of fused-ring (bicyclic) bond motifs is 1. The number of hydrogen-bond donors (Lipinski definition) is 1. The van der Waals surface area contributed by atoms with Gasteiger partial charge in [-0.15, -0.1) is 11.3 Å². The molecule has 1 unspecified atom stereocenters. The number of nitrogens with zero attached hydrogens (tertiary/aromatic N) is 2. The minimum Gasteiger partial charge on any atom is -0.350 e. The molecule has 0 fully saturated rings. The van der Waals surface area contributed by atoms with Crippen LogP contribution in [0.15, 0.2) is 52.8 Å². The summed E-state index contributed by atoms with van der Waals surface area (Å²) in [5.41, 5.74) is 1.80. The molecular formula is C18H19N3O2S2. The monoisotopic (exact) mass is 373 g/mol. The van der Waals surface area contributed by atoms with Gasteiger partial charge in [0, 0.05) is 35.6 Å². The van der Waals surface area contributed by atoms with Gasteiger partial charge in [-0.1, -0.05) is 30.3 Å². The van der Waals surface area contributed by atoms with Crippen LogP contribution in [0.2, 0.25) is 0 Å². The van der Waals surface area contributed by atoms with Gasteiger partial charge in [0.2, 0.25) is 5.91 Å². The van der Waals surface area contributed by atoms with Crippen molar-refractivity contribution in [1.82, 2.24) is 14.7 Å². The fourth-order valence-electron chi connectivity index (χ4n) is 2.44. The van der Waals surface area contributed by atoms with Crippen molar-refractivity contribution in [3.63, 3.8) is 0 Å². The Labute approximate surface area is 154 Å². The van der Waals surface area contributed by atoms with E-state index in [0.717, 1.165) is 11.3 Å². The van der Waals surface area contributed by atoms with Crippen LogP contribution in [0, 0.1) is 0 Å². The molecule has 1 atom stereocenters. The second kappa shape index (κ2) is 8.31. The Morgan fingerprint density at radius 3 is 2.96 bits per heavy atom. The lowest BCUT2D eigenvalue weighted by Gasteiger charge is -2.14. The molecule has 1 aromatic carbocycles. The first-order valence-electron chi connectivity index (χ1n) is 8.01. The molecule has 0 aliphatic carbocycles. The highest BCUT2D eigenvalue weighted by Crippen LogP contribution is 2.14. The van der Waals surface area contributed by atoms with E-state index < -0.39 is 0 Å². The van der Waals surface area contributed by atoms with Crippen molar-refractivity contribution in [2.75, 3.05) is 5.75 Å². The third kappa shape index (κ3) is 4.70. The van der Waals surface area contributed by atoms with Crippen molar-refractivity contribution < 1.29 is 4.79 Å². The van der Waals surface area contributed by atoms with Crippen LogP contribution in [0.1, 0.15) is 30.6 Å². The first-order chi connectivity index (χ1) is 12.1. The molecule has 7 heteroatoms. The van der Waals surface area contributed by atoms with Gasteiger partial charge < -0.3 is 5.32 Å². The Bertz CT molecular complexity index is 905. The lowest BCUT2D eigenvalue weighted by molar-refractivity contribution is -0.121. The first kappa shape index (κ1) is 17.7. The molecule has 0 saturated carbocycles. The summed E-state index contributed by atoms with van der Waals surface area (Å²) in [4.78, 5) is 29.1. The summed E-state index contributed by atoms with van der Waals surface area (Å²) in [6, 6.07) is 11.5. The highest BCUT2D eigenvalue weighted by atomic mass is 32.2. The number of rotatable bonds is 7. The van der Waals surface area contributed by atoms with Crippen molar-refractivity contribution in [3.05, 3.63) is 69.6 Å². The van der Waals surface area contributed by atoms with Crippen molar-refractivity contribution in [1.29, 1.82) is 0 Å². The average Bonchev–Trinajstić information content (AvgIpc) is 3.09. The van der Waals surface area contributed by atoms with Crippen LogP contribution in [0.3, 0.4) is 0 Å². The van der Waals surface area contributed by atoms with Crippen LogP contribution >= 0.6 is 23.1 Å². The van der Waals surface area contributed by atoms with Gasteiger partial charge in [0.15, 0.2) is 4.96 Å². The molecule has 1 N–H and O–H groups in total. The van der Waals surface area contributed by atoms with Gasteiger partial charge in [-0.05, 0) is 12.5 Å². The number of amides is 1. The number of hydrogen-bond acceptors (Lipinski definition) is 5. The second-order valence-corrected chi connectivity index (χ2v) is 7.62. The Kier molecular flexibility index (Phi) is 5.88. The third-order valence-electron chi connectivity index (χ3n) is 3.76. The molecule has 3 rings (SSSR count). The zero-order chi connectivity index (χ0) is 17.6. The van der Waals surface area contributed by atoms with Crippen LogP contribution in [-0.4, -0.2) is 21.0 Å². The Morgan fingerprint density at radius 1 is 1.36 bits per heavy atom. The number of thioether (sulfide) groups is 1. The molecule has 0 aliphatic heterocycles. The SMILES string of the molecule is CC(NC(=O)CCSCc1cc(=O)n2ccsc2n1)c1ccccc1. The van der Waals surface area contributed by atoms with Gasteiger partial charge in [0.25, 0.3) is 5.56 Å². The minimum atomic E-state index is -0.0590. The predicted octanol–water partition coefficient (Wildman–Crippen LogP) is 3.26. The van der Waals surface area contributed by atoms with Gasteiger partial charge in [0.05, 0.1) is 11.7 Å². The third-order valence-corrected chi connectivity index (χ3v) is 5.51. The number of aromatic nitrogens is 2. The van der Waals surface area contributed by atoms with E-state index in [2.05, 4.69) is 10.3 Å². The molecule has 0 radical (unpaired) electrons. The van der Waals surface area contributed by atoms with Crippen LogP contribution in [0.4, 0.5) is 0 Å². The normalized spacial score (nSPS) is 12.2. The highest BCUT2D eigenvalue weighted by molar-refractivity contribution is 7.98. The molecule has 5 nitrogen and oxygen atoms in total. The summed E-state index contributed by atoms with van der Waals surface area (Å²) in [5.74, 6) is 1.36. The molecule has 130 valence electrons. The lowest BCUT2D eigenvalue weighted by atomic mass is 10.1. The summed E-state index contributed by atoms with van der Waals surface area (Å²) in [7, 11) is 0. The highest BCUT2D eigenvalue weighted by Gasteiger charge is 2.09. The predicted molar refractivity (Wildman–Crippen MR) is 103 cm³/mol. The van der Waals surface area contributed by atoms with E-state index in [1.54, 1.807) is 24.0 Å². The molecule has 1 amide bonds. The summed E-state index contributed by atoms with van der Waals surface area (Å²) in [6.45, 7) is 1.98. The van der Waals surface area contributed by atoms with Crippen LogP contribution in [-0.2, 0) is 10.5 Å². The molecule has 3 aromatic rings. The maximum Gasteiger partial charge on any atom is 0.258 e. The summed E-state index contributed by atoms with van der Waals surface area (Å²) in [5, 5.41) is 4.85. The Balaban J connectivity index is 1.44. The average molecular weight is 374 g/mol. The largest absolute Gasteiger partial charge is 0.350 e. The smallest absolute Gasteiger partial charge is 0.258 e. The standard InChI is InChI=1S/C18H19N3O2S2/c1-13(14-5-3-2-4-6-14)19-16(22)7-9-24-12-15-11-17(23)21-8-10-25-18(21)20-15/h2-6,8,10-11,13H,7,9,12H2,1H3,(H,19,22). The quantitative estimate of drug-likeness (QED) is 0.646. The van der Waals surface area contributed by atoms with E-state index in [1.807, 2.05) is 42.6 Å². The van der Waals surface area contributed by atoms with E-state index >= 15 is 0 Å². The topological polar surface area (TPSA) is 63.5 Å². The fraction of sp³-hybridized carbons (Fsp3) is 0.278. The van der Waals surface area contributed by atoms with E-state index in [9.17, 15) is 9.59 Å². The van der Waals surface area contributed by atoms with Gasteiger partial charge in [-0.3, -0.25) is 14.0 Å². The van der Waals surface area contributed by atoms with Gasteiger partial charge in [-0.2, -0.15) is 11.8 Å². The minimum absolute atomic E-state index is 0.00153. The number of benzene rings is 1. The maximum absolute atomic E-state index is 12.0. The summed E-state index contributed by atoms with van der Waals surface area (Å²) >= 11 is 3.05. The van der Waals surface area contributed by atoms with Crippen molar-refractivity contribution in [2.24, 2.45) is 0 Å². The fourth-order valence-corrected chi connectivity index (χ4v) is 4.01. The van der Waals surface area contributed by atoms with Gasteiger partial charge in [0.1, 0.15) is 0 Å². The van der Waals surface area contributed by atoms with Crippen molar-refractivity contribution in [3.8, 4) is 0 Å². The number of carbonyl (C=O) groups excluding carboxylic acids is 1. The molecule has 0 bridgehead atoms. The number of thiazole rings is 1. The number of carbonyl (C=O) groups is 1. The maximum atomic E-state index is 12.0. The molecule has 0 aliphatic rings. The molecule has 2 heterocycles. The van der Waals surface area contributed by atoms with Crippen LogP contribution < -0.4 is 10.9 Å². The van der Waals surface area contributed by atoms with Crippen molar-refractivity contribution >= 4 is 34.0 Å². The zero-order valence-corrected chi connectivity index (χ0v) is 15.5. The second-order valence-electron chi connectivity index (χ2n) is 5.64. The molecule has 0 spiro atoms. The lowest BCUT2D eigenvalue weighted by Crippen LogP contribution is -2.26. The van der Waals surface area contributed by atoms with Crippen LogP contribution in [0.25, 0.3) is 4.96 Å². The van der Waals surface area contributed by atoms with Crippen molar-refractivity contribution in [2.45, 2.75) is 25.1 Å². The first-order valence-corrected chi connectivity index (χ1v) is 10.0. The molecular weight excluding hydrogens is 354 g/mol. The number of nitrogens with one attached hydrogen (secondary N) is 1.